The van der Waals surface area contributed by atoms with E-state index in [0.717, 1.165) is 14.2 Å². The molecule has 0 heterocycles. The topological polar surface area (TPSA) is 69.7 Å². The number of esters is 2. The fourth-order valence-corrected chi connectivity index (χ4v) is 1.38. The van der Waals surface area contributed by atoms with Crippen molar-refractivity contribution in [1.82, 2.24) is 0 Å². The molecule has 0 aliphatic heterocycles. The number of methoxy groups -OCH3 is 2. The molecule has 1 aromatic rings. The van der Waals surface area contributed by atoms with Gasteiger partial charge in [0, 0.05) is 5.02 Å². The van der Waals surface area contributed by atoms with Gasteiger partial charge in [0.15, 0.2) is 0 Å². The van der Waals surface area contributed by atoms with Gasteiger partial charge in [-0.15, -0.1) is 0 Å². The van der Waals surface area contributed by atoms with Gasteiger partial charge in [0.25, 0.3) is 5.78 Å². The number of rotatable bonds is 4. The number of hydrogen-bond donors (Lipinski definition) is 0. The molecular weight excluding hydrogens is 272 g/mol. The first-order chi connectivity index (χ1) is 8.99. The number of ether oxygens (including phenoxy) is 2. The van der Waals surface area contributed by atoms with E-state index in [4.69, 9.17) is 11.6 Å². The highest BCUT2D eigenvalue weighted by Crippen LogP contribution is 2.14. The molecule has 0 atom stereocenters. The van der Waals surface area contributed by atoms with E-state index in [1.54, 1.807) is 24.3 Å². The highest BCUT2D eigenvalue weighted by molar-refractivity contribution is 6.47. The van der Waals surface area contributed by atoms with Crippen molar-refractivity contribution in [2.45, 2.75) is 0 Å². The minimum Gasteiger partial charge on any atom is -0.465 e. The third kappa shape index (κ3) is 3.93. The molecule has 0 aromatic heterocycles. The molecule has 0 saturated carbocycles. The summed E-state index contributed by atoms with van der Waals surface area (Å²) in [6.45, 7) is 0. The number of hydrogen-bond acceptors (Lipinski definition) is 5. The highest BCUT2D eigenvalue weighted by atomic mass is 35.5. The van der Waals surface area contributed by atoms with E-state index in [1.165, 1.54) is 6.08 Å². The van der Waals surface area contributed by atoms with Crippen molar-refractivity contribution in [1.29, 1.82) is 0 Å². The van der Waals surface area contributed by atoms with Crippen molar-refractivity contribution in [3.8, 4) is 0 Å². The maximum atomic E-state index is 11.7. The lowest BCUT2D eigenvalue weighted by molar-refractivity contribution is -0.151. The number of carbonyl (C=O) groups is 3. The van der Waals surface area contributed by atoms with E-state index in [-0.39, 0.29) is 0 Å². The van der Waals surface area contributed by atoms with Crippen molar-refractivity contribution >= 4 is 35.4 Å². The van der Waals surface area contributed by atoms with Crippen molar-refractivity contribution in [3.63, 3.8) is 0 Å². The second-order valence-electron chi connectivity index (χ2n) is 3.42. The van der Waals surface area contributed by atoms with E-state index in [9.17, 15) is 14.4 Å². The molecule has 0 bridgehead atoms. The van der Waals surface area contributed by atoms with Gasteiger partial charge >= 0.3 is 11.9 Å². The molecule has 6 heteroatoms. The summed E-state index contributed by atoms with van der Waals surface area (Å²) >= 11 is 5.72. The predicted octanol–water partition coefficient (Wildman–Crippen LogP) is 1.64. The normalized spacial score (nSPS) is 10.8. The SMILES string of the molecule is COC(=O)C(=O)C(=Cc1ccc(Cl)cc1)C(=O)OC. The van der Waals surface area contributed by atoms with Crippen molar-refractivity contribution < 1.29 is 23.9 Å². The molecule has 0 aliphatic carbocycles. The number of Topliss-reactive ketones (excluding diaryl/α,β-unsaturated/α-hetero) is 1. The zero-order valence-electron chi connectivity index (χ0n) is 10.3. The first kappa shape index (κ1) is 14.9. The van der Waals surface area contributed by atoms with Gasteiger partial charge in [0.1, 0.15) is 5.57 Å². The van der Waals surface area contributed by atoms with Crippen LogP contribution in [0.3, 0.4) is 0 Å². The van der Waals surface area contributed by atoms with Gasteiger partial charge in [-0.05, 0) is 23.8 Å². The lowest BCUT2D eigenvalue weighted by atomic mass is 10.1. The van der Waals surface area contributed by atoms with Crippen LogP contribution in [0.15, 0.2) is 29.8 Å². The molecule has 0 amide bonds. The Kier molecular flexibility index (Phi) is 5.26. The van der Waals surface area contributed by atoms with E-state index < -0.39 is 23.3 Å². The van der Waals surface area contributed by atoms with Crippen LogP contribution in [0.25, 0.3) is 6.08 Å². The first-order valence-corrected chi connectivity index (χ1v) is 5.55. The molecule has 0 spiro atoms. The van der Waals surface area contributed by atoms with Crippen LogP contribution in [0.5, 0.6) is 0 Å². The van der Waals surface area contributed by atoms with Gasteiger partial charge < -0.3 is 9.47 Å². The van der Waals surface area contributed by atoms with Crippen LogP contribution in [-0.4, -0.2) is 31.9 Å². The molecule has 0 saturated heterocycles. The molecule has 5 nitrogen and oxygen atoms in total. The van der Waals surface area contributed by atoms with Gasteiger partial charge in [-0.2, -0.15) is 0 Å². The second-order valence-corrected chi connectivity index (χ2v) is 3.86. The summed E-state index contributed by atoms with van der Waals surface area (Å²) < 4.78 is 8.75. The van der Waals surface area contributed by atoms with Gasteiger partial charge in [-0.3, -0.25) is 4.79 Å². The monoisotopic (exact) mass is 282 g/mol. The average molecular weight is 283 g/mol. The fourth-order valence-electron chi connectivity index (χ4n) is 1.26. The average Bonchev–Trinajstić information content (AvgIpc) is 2.44. The molecule has 0 N–H and O–H groups in total. The van der Waals surface area contributed by atoms with Crippen molar-refractivity contribution in [3.05, 3.63) is 40.4 Å². The Balaban J connectivity index is 3.17. The minimum atomic E-state index is -1.13. The van der Waals surface area contributed by atoms with Crippen LogP contribution in [0.1, 0.15) is 5.56 Å². The standard InChI is InChI=1S/C13H11ClO5/c1-18-12(16)10(11(15)13(17)19-2)7-8-3-5-9(14)6-4-8/h3-7H,1-2H3. The van der Waals surface area contributed by atoms with Crippen molar-refractivity contribution in [2.24, 2.45) is 0 Å². The lowest BCUT2D eigenvalue weighted by Gasteiger charge is -2.03. The zero-order valence-corrected chi connectivity index (χ0v) is 11.1. The largest absolute Gasteiger partial charge is 0.465 e. The molecule has 0 radical (unpaired) electrons. The molecular formula is C13H11ClO5. The van der Waals surface area contributed by atoms with E-state index in [0.29, 0.717) is 10.6 Å². The van der Waals surface area contributed by atoms with Crippen LogP contribution < -0.4 is 0 Å². The van der Waals surface area contributed by atoms with E-state index in [2.05, 4.69) is 9.47 Å². The Morgan fingerprint density at radius 2 is 1.53 bits per heavy atom. The summed E-state index contributed by atoms with van der Waals surface area (Å²) in [5.41, 5.74) is 0.124. The van der Waals surface area contributed by atoms with Crippen LogP contribution >= 0.6 is 11.6 Å². The fraction of sp³-hybridized carbons (Fsp3) is 0.154. The minimum absolute atomic E-state index is 0.406. The maximum absolute atomic E-state index is 11.7. The third-order valence-corrected chi connectivity index (χ3v) is 2.45. The molecule has 100 valence electrons. The summed E-state index contributed by atoms with van der Waals surface area (Å²) in [5.74, 6) is -3.11. The number of ketones is 1. The molecule has 0 aliphatic rings. The number of carbonyl (C=O) groups excluding carboxylic acids is 3. The van der Waals surface area contributed by atoms with E-state index in [1.807, 2.05) is 0 Å². The predicted molar refractivity (Wildman–Crippen MR) is 68.5 cm³/mol. The summed E-state index contributed by atoms with van der Waals surface area (Å²) in [6.07, 6.45) is 1.24. The summed E-state index contributed by atoms with van der Waals surface area (Å²) in [4.78, 5) is 34.4. The van der Waals surface area contributed by atoms with Crippen LogP contribution in [-0.2, 0) is 23.9 Å². The Bertz CT molecular complexity index is 530. The Morgan fingerprint density at radius 1 is 1.00 bits per heavy atom. The smallest absolute Gasteiger partial charge is 0.379 e. The van der Waals surface area contributed by atoms with Crippen LogP contribution in [0.2, 0.25) is 5.02 Å². The first-order valence-electron chi connectivity index (χ1n) is 5.17. The van der Waals surface area contributed by atoms with E-state index >= 15 is 0 Å². The van der Waals surface area contributed by atoms with Crippen molar-refractivity contribution in [2.75, 3.05) is 14.2 Å². The molecule has 1 rings (SSSR count). The highest BCUT2D eigenvalue weighted by Gasteiger charge is 2.26. The molecule has 19 heavy (non-hydrogen) atoms. The van der Waals surface area contributed by atoms with Crippen LogP contribution in [0, 0.1) is 0 Å². The Labute approximate surface area is 114 Å². The zero-order chi connectivity index (χ0) is 14.4. The summed E-state index contributed by atoms with van der Waals surface area (Å²) in [5, 5.41) is 0.510. The second kappa shape index (κ2) is 6.70. The Morgan fingerprint density at radius 3 is 2.00 bits per heavy atom. The third-order valence-electron chi connectivity index (χ3n) is 2.20. The molecule has 1 aromatic carbocycles. The summed E-state index contributed by atoms with van der Waals surface area (Å²) in [7, 11) is 2.17. The molecule has 0 fully saturated rings. The lowest BCUT2D eigenvalue weighted by Crippen LogP contribution is -2.23. The number of benzene rings is 1. The van der Waals surface area contributed by atoms with Gasteiger partial charge in [0.2, 0.25) is 0 Å². The number of halogens is 1. The molecule has 0 unspecified atom stereocenters. The van der Waals surface area contributed by atoms with Crippen LogP contribution in [0.4, 0.5) is 0 Å². The van der Waals surface area contributed by atoms with Gasteiger partial charge in [-0.25, -0.2) is 9.59 Å². The quantitative estimate of drug-likeness (QED) is 0.276. The maximum Gasteiger partial charge on any atom is 0.379 e. The Hall–Kier alpha value is -2.14. The summed E-state index contributed by atoms with van der Waals surface area (Å²) in [6, 6.07) is 6.36. The van der Waals surface area contributed by atoms with Gasteiger partial charge in [0.05, 0.1) is 14.2 Å². The van der Waals surface area contributed by atoms with Gasteiger partial charge in [-0.1, -0.05) is 23.7 Å².